The van der Waals surface area contributed by atoms with Crippen molar-refractivity contribution in [3.8, 4) is 11.3 Å². The molecule has 2 aromatic carbocycles. The van der Waals surface area contributed by atoms with Gasteiger partial charge in [-0.3, -0.25) is 4.79 Å². The highest BCUT2D eigenvalue weighted by Crippen LogP contribution is 2.27. The number of hydrogen-bond acceptors (Lipinski definition) is 3. The van der Waals surface area contributed by atoms with Crippen LogP contribution in [-0.2, 0) is 0 Å². The van der Waals surface area contributed by atoms with Crippen molar-refractivity contribution in [3.63, 3.8) is 0 Å². The predicted molar refractivity (Wildman–Crippen MR) is 106 cm³/mol. The summed E-state index contributed by atoms with van der Waals surface area (Å²) in [6.07, 6.45) is 0. The molecule has 0 unspecified atom stereocenters. The van der Waals surface area contributed by atoms with Crippen LogP contribution in [0.2, 0.25) is 10.0 Å². The van der Waals surface area contributed by atoms with E-state index in [1.54, 1.807) is 29.5 Å². The van der Waals surface area contributed by atoms with Crippen LogP contribution in [0.25, 0.3) is 11.3 Å². The van der Waals surface area contributed by atoms with Gasteiger partial charge >= 0.3 is 0 Å². The summed E-state index contributed by atoms with van der Waals surface area (Å²) < 4.78 is 0. The number of thiazole rings is 1. The van der Waals surface area contributed by atoms with E-state index in [-0.39, 0.29) is 5.91 Å². The second kappa shape index (κ2) is 7.56. The molecule has 0 aliphatic rings. The summed E-state index contributed by atoms with van der Waals surface area (Å²) in [5.41, 5.74) is 3.05. The van der Waals surface area contributed by atoms with E-state index in [4.69, 9.17) is 23.2 Å². The Bertz CT molecular complexity index is 904. The Morgan fingerprint density at radius 3 is 2.44 bits per heavy atom. The standard InChI is InChI=1S/C19H16Cl2N2OS/c1-11(2)19-23-17(10-25-19)12-3-6-14(7-4-12)22-18(24)15-8-5-13(20)9-16(15)21/h3-11H,1-2H3,(H,22,24). The maximum absolute atomic E-state index is 12.3. The molecule has 25 heavy (non-hydrogen) atoms. The van der Waals surface area contributed by atoms with Gasteiger partial charge in [-0.05, 0) is 30.3 Å². The minimum atomic E-state index is -0.273. The number of rotatable bonds is 4. The number of benzene rings is 2. The highest BCUT2D eigenvalue weighted by atomic mass is 35.5. The fourth-order valence-electron chi connectivity index (χ4n) is 2.28. The van der Waals surface area contributed by atoms with Crippen molar-refractivity contribution in [2.75, 3.05) is 5.32 Å². The minimum absolute atomic E-state index is 0.273. The van der Waals surface area contributed by atoms with Crippen molar-refractivity contribution >= 4 is 46.1 Å². The lowest BCUT2D eigenvalue weighted by molar-refractivity contribution is 0.102. The molecular formula is C19H16Cl2N2OS. The molecule has 0 fully saturated rings. The maximum Gasteiger partial charge on any atom is 0.257 e. The maximum atomic E-state index is 12.3. The lowest BCUT2D eigenvalue weighted by Crippen LogP contribution is -2.12. The molecule has 0 bridgehead atoms. The van der Waals surface area contributed by atoms with Crippen molar-refractivity contribution in [1.82, 2.24) is 4.98 Å². The number of halogens is 2. The molecule has 6 heteroatoms. The number of amides is 1. The summed E-state index contributed by atoms with van der Waals surface area (Å²) in [5, 5.41) is 6.82. The molecule has 1 N–H and O–H groups in total. The van der Waals surface area contributed by atoms with E-state index in [1.807, 2.05) is 24.3 Å². The summed E-state index contributed by atoms with van der Waals surface area (Å²) in [6.45, 7) is 4.26. The third-order valence-corrected chi connectivity index (χ3v) is 5.32. The average molecular weight is 391 g/mol. The lowest BCUT2D eigenvalue weighted by atomic mass is 10.1. The van der Waals surface area contributed by atoms with E-state index >= 15 is 0 Å². The van der Waals surface area contributed by atoms with Gasteiger partial charge in [0, 0.05) is 27.6 Å². The molecule has 0 radical (unpaired) electrons. The zero-order valence-corrected chi connectivity index (χ0v) is 16.0. The molecule has 128 valence electrons. The van der Waals surface area contributed by atoms with Crippen LogP contribution in [-0.4, -0.2) is 10.9 Å². The Kier molecular flexibility index (Phi) is 5.42. The molecule has 1 heterocycles. The first kappa shape index (κ1) is 17.9. The average Bonchev–Trinajstić information content (AvgIpc) is 3.05. The predicted octanol–water partition coefficient (Wildman–Crippen LogP) is 6.49. The molecule has 3 aromatic rings. The van der Waals surface area contributed by atoms with Crippen LogP contribution in [0.4, 0.5) is 5.69 Å². The number of aromatic nitrogens is 1. The zero-order chi connectivity index (χ0) is 18.0. The summed E-state index contributed by atoms with van der Waals surface area (Å²) >= 11 is 13.6. The normalized spacial score (nSPS) is 10.9. The highest BCUT2D eigenvalue weighted by molar-refractivity contribution is 7.10. The quantitative estimate of drug-likeness (QED) is 0.552. The number of nitrogens with zero attached hydrogens (tertiary/aromatic N) is 1. The van der Waals surface area contributed by atoms with Gasteiger partial charge in [0.05, 0.1) is 21.3 Å². The van der Waals surface area contributed by atoms with Gasteiger partial charge in [-0.2, -0.15) is 0 Å². The molecule has 0 saturated carbocycles. The molecule has 0 spiro atoms. The summed E-state index contributed by atoms with van der Waals surface area (Å²) in [5.74, 6) is 0.145. The smallest absolute Gasteiger partial charge is 0.257 e. The fraction of sp³-hybridized carbons (Fsp3) is 0.158. The third-order valence-electron chi connectivity index (χ3n) is 3.63. The van der Waals surface area contributed by atoms with Crippen molar-refractivity contribution in [3.05, 3.63) is 68.5 Å². The van der Waals surface area contributed by atoms with Crippen molar-refractivity contribution in [2.45, 2.75) is 19.8 Å². The van der Waals surface area contributed by atoms with E-state index in [2.05, 4.69) is 29.5 Å². The van der Waals surface area contributed by atoms with E-state index < -0.39 is 0 Å². The monoisotopic (exact) mass is 390 g/mol. The van der Waals surface area contributed by atoms with Gasteiger partial charge < -0.3 is 5.32 Å². The van der Waals surface area contributed by atoms with Crippen LogP contribution in [0.15, 0.2) is 47.8 Å². The molecule has 0 aliphatic heterocycles. The molecule has 0 aliphatic carbocycles. The number of anilines is 1. The summed E-state index contributed by atoms with van der Waals surface area (Å²) in [6, 6.07) is 12.4. The van der Waals surface area contributed by atoms with Crippen molar-refractivity contribution in [1.29, 1.82) is 0 Å². The van der Waals surface area contributed by atoms with E-state index in [9.17, 15) is 4.79 Å². The Hall–Kier alpha value is -1.88. The zero-order valence-electron chi connectivity index (χ0n) is 13.7. The lowest BCUT2D eigenvalue weighted by Gasteiger charge is -2.08. The van der Waals surface area contributed by atoms with Gasteiger partial charge in [0.1, 0.15) is 0 Å². The van der Waals surface area contributed by atoms with Crippen LogP contribution in [0.3, 0.4) is 0 Å². The van der Waals surface area contributed by atoms with Crippen LogP contribution in [0.1, 0.15) is 35.1 Å². The largest absolute Gasteiger partial charge is 0.322 e. The van der Waals surface area contributed by atoms with Crippen molar-refractivity contribution < 1.29 is 4.79 Å². The van der Waals surface area contributed by atoms with E-state index in [0.717, 1.165) is 16.3 Å². The molecule has 3 nitrogen and oxygen atoms in total. The second-order valence-electron chi connectivity index (χ2n) is 5.88. The van der Waals surface area contributed by atoms with Crippen LogP contribution in [0.5, 0.6) is 0 Å². The van der Waals surface area contributed by atoms with Gasteiger partial charge in [0.15, 0.2) is 0 Å². The van der Waals surface area contributed by atoms with Gasteiger partial charge in [0.2, 0.25) is 0 Å². The first-order chi connectivity index (χ1) is 11.9. The highest BCUT2D eigenvalue weighted by Gasteiger charge is 2.12. The number of carbonyl (C=O) groups is 1. The number of nitrogens with one attached hydrogen (secondary N) is 1. The number of carbonyl (C=O) groups excluding carboxylic acids is 1. The van der Waals surface area contributed by atoms with E-state index in [1.165, 1.54) is 0 Å². The molecule has 1 amide bonds. The minimum Gasteiger partial charge on any atom is -0.322 e. The molecule has 3 rings (SSSR count). The first-order valence-electron chi connectivity index (χ1n) is 7.76. The van der Waals surface area contributed by atoms with Crippen LogP contribution in [0, 0.1) is 0 Å². The molecular weight excluding hydrogens is 375 g/mol. The van der Waals surface area contributed by atoms with Gasteiger partial charge in [-0.15, -0.1) is 11.3 Å². The Balaban J connectivity index is 1.74. The second-order valence-corrected chi connectivity index (χ2v) is 7.61. The van der Waals surface area contributed by atoms with Crippen LogP contribution >= 0.6 is 34.5 Å². The van der Waals surface area contributed by atoms with Gasteiger partial charge in [-0.25, -0.2) is 4.98 Å². The third kappa shape index (κ3) is 4.21. The Morgan fingerprint density at radius 1 is 1.12 bits per heavy atom. The molecule has 1 aromatic heterocycles. The van der Waals surface area contributed by atoms with E-state index in [0.29, 0.717) is 27.2 Å². The fourth-order valence-corrected chi connectivity index (χ4v) is 3.62. The topological polar surface area (TPSA) is 42.0 Å². The summed E-state index contributed by atoms with van der Waals surface area (Å²) in [4.78, 5) is 17.0. The molecule has 0 atom stereocenters. The number of hydrogen-bond donors (Lipinski definition) is 1. The molecule has 0 saturated heterocycles. The summed E-state index contributed by atoms with van der Waals surface area (Å²) in [7, 11) is 0. The Morgan fingerprint density at radius 2 is 1.84 bits per heavy atom. The van der Waals surface area contributed by atoms with Gasteiger partial charge in [-0.1, -0.05) is 49.2 Å². The Labute approximate surface area is 160 Å². The van der Waals surface area contributed by atoms with Crippen molar-refractivity contribution in [2.24, 2.45) is 0 Å². The SMILES string of the molecule is CC(C)c1nc(-c2ccc(NC(=O)c3ccc(Cl)cc3Cl)cc2)cs1. The van der Waals surface area contributed by atoms with Gasteiger partial charge in [0.25, 0.3) is 5.91 Å². The first-order valence-corrected chi connectivity index (χ1v) is 9.40. The van der Waals surface area contributed by atoms with Crippen LogP contribution < -0.4 is 5.32 Å².